The van der Waals surface area contributed by atoms with Crippen molar-refractivity contribution in [2.75, 3.05) is 19.5 Å². The molecule has 0 saturated heterocycles. The van der Waals surface area contributed by atoms with Crippen molar-refractivity contribution in [1.82, 2.24) is 0 Å². The zero-order chi connectivity index (χ0) is 19.3. The van der Waals surface area contributed by atoms with Gasteiger partial charge in [-0.05, 0) is 38.1 Å². The molecule has 0 aliphatic heterocycles. The predicted octanol–water partition coefficient (Wildman–Crippen LogP) is 4.45. The van der Waals surface area contributed by atoms with Gasteiger partial charge in [0.2, 0.25) is 0 Å². The molecule has 140 valence electrons. The molecule has 2 aromatic carbocycles. The van der Waals surface area contributed by atoms with Gasteiger partial charge in [-0.3, -0.25) is 0 Å². The first-order valence-electron chi connectivity index (χ1n) is 8.04. The summed E-state index contributed by atoms with van der Waals surface area (Å²) in [5, 5.41) is 12.9. The number of hydrogen-bond acceptors (Lipinski definition) is 5. The van der Waals surface area contributed by atoms with Crippen molar-refractivity contribution < 1.29 is 24.1 Å². The molecule has 2 rings (SSSR count). The Labute approximate surface area is 157 Å². The van der Waals surface area contributed by atoms with E-state index >= 15 is 0 Å². The molecule has 0 unspecified atom stereocenters. The molecule has 26 heavy (non-hydrogen) atoms. The summed E-state index contributed by atoms with van der Waals surface area (Å²) in [5.41, 5.74) is 1.50. The third-order valence-corrected chi connectivity index (χ3v) is 3.80. The Hall–Kier alpha value is -2.60. The maximum atomic E-state index is 11.2. The summed E-state index contributed by atoms with van der Waals surface area (Å²) in [7, 11) is 3.08. The number of benzene rings is 2. The lowest BCUT2D eigenvalue weighted by Gasteiger charge is -2.19. The van der Waals surface area contributed by atoms with Crippen LogP contribution in [0, 0.1) is 0 Å². The Bertz CT molecular complexity index is 792. The number of anilines is 1. The van der Waals surface area contributed by atoms with Crippen LogP contribution in [-0.2, 0) is 6.54 Å². The van der Waals surface area contributed by atoms with E-state index in [1.807, 2.05) is 13.8 Å². The molecule has 0 aromatic heterocycles. The number of nitrogens with one attached hydrogen (secondary N) is 1. The molecule has 0 aliphatic rings. The summed E-state index contributed by atoms with van der Waals surface area (Å²) in [6.07, 6.45) is -0.0475. The molecule has 7 heteroatoms. The van der Waals surface area contributed by atoms with E-state index in [-0.39, 0.29) is 11.7 Å². The minimum Gasteiger partial charge on any atom is -0.495 e. The van der Waals surface area contributed by atoms with Crippen molar-refractivity contribution in [2.45, 2.75) is 26.5 Å². The quantitative estimate of drug-likeness (QED) is 0.705. The molecular formula is C19H22ClNO5. The summed E-state index contributed by atoms with van der Waals surface area (Å²) < 4.78 is 16.6. The van der Waals surface area contributed by atoms with Gasteiger partial charge >= 0.3 is 5.97 Å². The molecule has 0 radical (unpaired) electrons. The zero-order valence-corrected chi connectivity index (χ0v) is 15.9. The first kappa shape index (κ1) is 19.7. The minimum absolute atomic E-state index is 0.0475. The Kier molecular flexibility index (Phi) is 6.58. The van der Waals surface area contributed by atoms with E-state index in [1.54, 1.807) is 25.3 Å². The summed E-state index contributed by atoms with van der Waals surface area (Å²) in [4.78, 5) is 11.2. The molecule has 0 fully saturated rings. The SMILES string of the molecule is COc1ccc(C(=O)O)cc1NCc1cc(Cl)cc(OC)c1OC(C)C. The Morgan fingerprint density at radius 2 is 1.85 bits per heavy atom. The van der Waals surface area contributed by atoms with Gasteiger partial charge in [0.15, 0.2) is 11.5 Å². The normalized spacial score (nSPS) is 10.5. The van der Waals surface area contributed by atoms with Crippen LogP contribution in [0.1, 0.15) is 29.8 Å². The first-order valence-corrected chi connectivity index (χ1v) is 8.41. The standard InChI is InChI=1S/C19H22ClNO5/c1-11(2)26-18-13(7-14(20)9-17(18)25-4)10-21-15-8-12(19(22)23)5-6-16(15)24-3/h5-9,11,21H,10H2,1-4H3,(H,22,23). The molecule has 2 N–H and O–H groups in total. The van der Waals surface area contributed by atoms with E-state index in [1.165, 1.54) is 19.2 Å². The fourth-order valence-electron chi connectivity index (χ4n) is 2.44. The van der Waals surface area contributed by atoms with E-state index in [9.17, 15) is 9.90 Å². The highest BCUT2D eigenvalue weighted by molar-refractivity contribution is 6.30. The highest BCUT2D eigenvalue weighted by Gasteiger charge is 2.16. The Morgan fingerprint density at radius 1 is 1.15 bits per heavy atom. The fraction of sp³-hybridized carbons (Fsp3) is 0.316. The number of carbonyl (C=O) groups is 1. The van der Waals surface area contributed by atoms with Crippen LogP contribution in [0.5, 0.6) is 17.2 Å². The van der Waals surface area contributed by atoms with Crippen molar-refractivity contribution >= 4 is 23.3 Å². The molecule has 2 aromatic rings. The van der Waals surface area contributed by atoms with E-state index in [0.717, 1.165) is 5.56 Å². The van der Waals surface area contributed by atoms with Crippen molar-refractivity contribution in [1.29, 1.82) is 0 Å². The maximum Gasteiger partial charge on any atom is 0.335 e. The van der Waals surface area contributed by atoms with Crippen LogP contribution >= 0.6 is 11.6 Å². The highest BCUT2D eigenvalue weighted by atomic mass is 35.5. The van der Waals surface area contributed by atoms with Gasteiger partial charge < -0.3 is 24.6 Å². The summed E-state index contributed by atoms with van der Waals surface area (Å²) in [6, 6.07) is 8.08. The molecule has 0 bridgehead atoms. The number of methoxy groups -OCH3 is 2. The third-order valence-electron chi connectivity index (χ3n) is 3.59. The Morgan fingerprint density at radius 3 is 2.42 bits per heavy atom. The number of carboxylic acids is 1. The van der Waals surface area contributed by atoms with Gasteiger partial charge in [0.1, 0.15) is 5.75 Å². The van der Waals surface area contributed by atoms with Gasteiger partial charge in [-0.15, -0.1) is 0 Å². The van der Waals surface area contributed by atoms with Crippen molar-refractivity contribution in [2.24, 2.45) is 0 Å². The number of rotatable bonds is 8. The van der Waals surface area contributed by atoms with Crippen LogP contribution < -0.4 is 19.5 Å². The summed E-state index contributed by atoms with van der Waals surface area (Å²) >= 11 is 6.18. The molecular weight excluding hydrogens is 358 g/mol. The highest BCUT2D eigenvalue weighted by Crippen LogP contribution is 2.36. The Balaban J connectivity index is 2.35. The molecule has 0 spiro atoms. The van der Waals surface area contributed by atoms with Crippen LogP contribution in [0.25, 0.3) is 0 Å². The lowest BCUT2D eigenvalue weighted by molar-refractivity contribution is 0.0697. The van der Waals surface area contributed by atoms with E-state index in [4.69, 9.17) is 25.8 Å². The number of halogens is 1. The predicted molar refractivity (Wildman–Crippen MR) is 101 cm³/mol. The van der Waals surface area contributed by atoms with Gasteiger partial charge in [0, 0.05) is 23.2 Å². The van der Waals surface area contributed by atoms with Gasteiger partial charge in [-0.2, -0.15) is 0 Å². The second-order valence-corrected chi connectivity index (χ2v) is 6.27. The number of carboxylic acid groups (broad SMARTS) is 1. The fourth-order valence-corrected chi connectivity index (χ4v) is 2.68. The molecule has 0 amide bonds. The van der Waals surface area contributed by atoms with Crippen LogP contribution in [0.2, 0.25) is 5.02 Å². The van der Waals surface area contributed by atoms with E-state index < -0.39 is 5.97 Å². The molecule has 0 heterocycles. The average Bonchev–Trinajstić information content (AvgIpc) is 2.60. The zero-order valence-electron chi connectivity index (χ0n) is 15.1. The lowest BCUT2D eigenvalue weighted by atomic mass is 10.1. The van der Waals surface area contributed by atoms with E-state index in [0.29, 0.717) is 34.5 Å². The number of ether oxygens (including phenoxy) is 3. The van der Waals surface area contributed by atoms with Crippen molar-refractivity contribution in [3.05, 3.63) is 46.5 Å². The number of aromatic carboxylic acids is 1. The van der Waals surface area contributed by atoms with Gasteiger partial charge in [0.05, 0.1) is 31.6 Å². The van der Waals surface area contributed by atoms with Gasteiger partial charge in [-0.25, -0.2) is 4.79 Å². The lowest BCUT2D eigenvalue weighted by Crippen LogP contribution is -2.11. The summed E-state index contributed by atoms with van der Waals surface area (Å²) in [5.74, 6) is 0.654. The van der Waals surface area contributed by atoms with Gasteiger partial charge in [-0.1, -0.05) is 11.6 Å². The smallest absolute Gasteiger partial charge is 0.335 e. The second-order valence-electron chi connectivity index (χ2n) is 5.84. The van der Waals surface area contributed by atoms with Crippen LogP contribution in [0.15, 0.2) is 30.3 Å². The summed E-state index contributed by atoms with van der Waals surface area (Å²) in [6.45, 7) is 4.19. The van der Waals surface area contributed by atoms with Crippen molar-refractivity contribution in [3.8, 4) is 17.2 Å². The second kappa shape index (κ2) is 8.67. The maximum absolute atomic E-state index is 11.2. The molecule has 0 aliphatic carbocycles. The third kappa shape index (κ3) is 4.73. The molecule has 0 atom stereocenters. The number of hydrogen-bond donors (Lipinski definition) is 2. The van der Waals surface area contributed by atoms with Crippen LogP contribution in [-0.4, -0.2) is 31.4 Å². The average molecular weight is 380 g/mol. The van der Waals surface area contributed by atoms with Crippen LogP contribution in [0.3, 0.4) is 0 Å². The van der Waals surface area contributed by atoms with E-state index in [2.05, 4.69) is 5.32 Å². The molecule has 0 saturated carbocycles. The molecule has 6 nitrogen and oxygen atoms in total. The van der Waals surface area contributed by atoms with Crippen LogP contribution in [0.4, 0.5) is 5.69 Å². The van der Waals surface area contributed by atoms with Gasteiger partial charge in [0.25, 0.3) is 0 Å². The topological polar surface area (TPSA) is 77.0 Å². The largest absolute Gasteiger partial charge is 0.495 e. The first-order chi connectivity index (χ1) is 12.3. The minimum atomic E-state index is -1.01. The van der Waals surface area contributed by atoms with Crippen molar-refractivity contribution in [3.63, 3.8) is 0 Å². The monoisotopic (exact) mass is 379 g/mol.